The number of amides is 10. The number of allylic oxidation sites excluding steroid dienone is 1. The number of likely N-dealkylation sites (N-methyl/N-ethyl adjacent to an activating group) is 6. The molecule has 2 aliphatic heterocycles. The van der Waals surface area contributed by atoms with Crippen LogP contribution in [0.2, 0.25) is 0 Å². The molecule has 0 saturated carbocycles. The van der Waals surface area contributed by atoms with Crippen LogP contribution in [0.3, 0.4) is 0 Å². The SMILES string of the molecule is CC(C)C[C@@H]1NC(=O)[C@H](CC(C)C)N(C)C(=O)CN(C)C(=O)[C@H]([C@@H](C)O)NC(=O)[C@H]([C@H](O)[C@H](C)C/C=C/c2cccc(N3CCOCC3)n2)N(C)C(=O)[C@H](C(C)C)N(C)C(=O)[C@@H](CC(C)C)NC(=O)[C@H](CC(C)C)N(C)C(=O)[C@@H](C(C)C)OC(=O)[C@H](C)NC(=O)[C@H](CC(C)C)N(C)C1=O. The lowest BCUT2D eigenvalue weighted by Crippen LogP contribution is -2.64. The van der Waals surface area contributed by atoms with Crippen molar-refractivity contribution in [3.8, 4) is 0 Å². The van der Waals surface area contributed by atoms with E-state index in [0.717, 1.165) is 20.5 Å². The first-order valence-corrected chi connectivity index (χ1v) is 35.4. The first-order chi connectivity index (χ1) is 46.0. The van der Waals surface area contributed by atoms with Gasteiger partial charge >= 0.3 is 5.97 Å². The Hall–Kier alpha value is -7.26. The highest BCUT2D eigenvalue weighted by Gasteiger charge is 2.46. The Balaban J connectivity index is 2.34. The van der Waals surface area contributed by atoms with Crippen molar-refractivity contribution in [2.24, 2.45) is 47.3 Å². The van der Waals surface area contributed by atoms with E-state index in [1.807, 2.05) is 87.4 Å². The molecule has 0 spiro atoms. The van der Waals surface area contributed by atoms with Crippen LogP contribution in [-0.4, -0.2) is 257 Å². The van der Waals surface area contributed by atoms with Crippen LogP contribution in [0.25, 0.3) is 6.08 Å². The van der Waals surface area contributed by atoms with Gasteiger partial charge in [0.2, 0.25) is 53.2 Å². The minimum atomic E-state index is -1.81. The van der Waals surface area contributed by atoms with Crippen LogP contribution in [0.4, 0.5) is 5.82 Å². The van der Waals surface area contributed by atoms with E-state index in [1.54, 1.807) is 46.8 Å². The number of morpholine rings is 1. The maximum absolute atomic E-state index is 15.4. The van der Waals surface area contributed by atoms with E-state index in [0.29, 0.717) is 32.0 Å². The highest BCUT2D eigenvalue weighted by Crippen LogP contribution is 2.26. The lowest BCUT2D eigenvalue weighted by atomic mass is 9.91. The lowest BCUT2D eigenvalue weighted by molar-refractivity contribution is -0.166. The van der Waals surface area contributed by atoms with Crippen molar-refractivity contribution < 1.29 is 72.4 Å². The van der Waals surface area contributed by atoms with Gasteiger partial charge in [-0.2, -0.15) is 0 Å². The van der Waals surface area contributed by atoms with Gasteiger partial charge in [-0.15, -0.1) is 0 Å². The van der Waals surface area contributed by atoms with Crippen LogP contribution in [0, 0.1) is 47.3 Å². The number of aromatic nitrogens is 1. The zero-order valence-electron chi connectivity index (χ0n) is 63.5. The van der Waals surface area contributed by atoms with E-state index in [1.165, 1.54) is 70.8 Å². The van der Waals surface area contributed by atoms with E-state index >= 15 is 14.4 Å². The molecule has 10 amide bonds. The molecule has 0 aliphatic carbocycles. The van der Waals surface area contributed by atoms with Gasteiger partial charge in [0.25, 0.3) is 5.91 Å². The Bertz CT molecular complexity index is 2910. The fraction of sp³-hybridized carbons (Fsp3) is 0.750. The number of hydrogen-bond acceptors (Lipinski definition) is 17. The molecule has 1 aromatic rings. The van der Waals surface area contributed by atoms with Crippen LogP contribution in [0.5, 0.6) is 0 Å². The van der Waals surface area contributed by atoms with Gasteiger partial charge in [0.05, 0.1) is 37.7 Å². The van der Waals surface area contributed by atoms with Crippen molar-refractivity contribution in [1.82, 2.24) is 55.7 Å². The first kappa shape index (κ1) is 86.0. The van der Waals surface area contributed by atoms with Crippen molar-refractivity contribution in [1.29, 1.82) is 0 Å². The zero-order valence-corrected chi connectivity index (χ0v) is 63.5. The van der Waals surface area contributed by atoms with Gasteiger partial charge in [-0.1, -0.05) is 116 Å². The Kier molecular flexibility index (Phi) is 34.4. The van der Waals surface area contributed by atoms with Crippen LogP contribution in [0.1, 0.15) is 162 Å². The monoisotopic (exact) mass is 1390 g/mol. The fourth-order valence-corrected chi connectivity index (χ4v) is 12.4. The summed E-state index contributed by atoms with van der Waals surface area (Å²) in [6.07, 6.45) is -0.668. The molecule has 0 radical (unpaired) electrons. The summed E-state index contributed by atoms with van der Waals surface area (Å²) in [4.78, 5) is 176. The number of rotatable bonds is 19. The molecular weight excluding hydrogens is 1270 g/mol. The van der Waals surface area contributed by atoms with E-state index in [-0.39, 0.29) is 68.1 Å². The summed E-state index contributed by atoms with van der Waals surface area (Å²) in [5.41, 5.74) is 0.615. The quantitative estimate of drug-likeness (QED) is 0.108. The molecule has 2 aliphatic rings. The molecule has 1 aromatic heterocycles. The number of aliphatic hydroxyl groups excluding tert-OH is 2. The van der Waals surface area contributed by atoms with Gasteiger partial charge in [0.1, 0.15) is 60.2 Å². The second-order valence-electron chi connectivity index (χ2n) is 30.1. The summed E-state index contributed by atoms with van der Waals surface area (Å²) in [7, 11) is 8.12. The number of cyclic esters (lactones) is 1. The number of esters is 1. The van der Waals surface area contributed by atoms with Gasteiger partial charge in [0.15, 0.2) is 6.10 Å². The molecule has 0 bridgehead atoms. The average molecular weight is 1400 g/mol. The molecule has 2 saturated heterocycles. The maximum atomic E-state index is 15.4. The molecule has 6 N–H and O–H groups in total. The Morgan fingerprint density at radius 3 is 1.44 bits per heavy atom. The highest BCUT2D eigenvalue weighted by molar-refractivity contribution is 5.99. The van der Waals surface area contributed by atoms with E-state index in [9.17, 15) is 48.6 Å². The zero-order chi connectivity index (χ0) is 75.4. The largest absolute Gasteiger partial charge is 0.450 e. The number of carbonyl (C=O) groups is 11. The minimum Gasteiger partial charge on any atom is -0.450 e. The van der Waals surface area contributed by atoms with Crippen molar-refractivity contribution in [3.05, 3.63) is 30.0 Å². The second kappa shape index (κ2) is 39.7. The Morgan fingerprint density at radius 1 is 0.525 bits per heavy atom. The van der Waals surface area contributed by atoms with Crippen molar-refractivity contribution in [3.63, 3.8) is 0 Å². The fourth-order valence-electron chi connectivity index (χ4n) is 12.4. The molecular formula is C72H122N12O15. The normalized spacial score (nSPS) is 26.0. The number of carbonyl (C=O) groups excluding carboxylic acids is 11. The summed E-state index contributed by atoms with van der Waals surface area (Å²) in [5, 5.41) is 35.0. The minimum absolute atomic E-state index is 0.0621. The van der Waals surface area contributed by atoms with E-state index in [4.69, 9.17) is 14.5 Å². The lowest BCUT2D eigenvalue weighted by Gasteiger charge is -2.40. The van der Waals surface area contributed by atoms with E-state index in [2.05, 4.69) is 26.2 Å². The van der Waals surface area contributed by atoms with Crippen molar-refractivity contribution in [2.45, 2.75) is 229 Å². The third kappa shape index (κ3) is 25.1. The van der Waals surface area contributed by atoms with E-state index < -0.39 is 162 Å². The summed E-state index contributed by atoms with van der Waals surface area (Å²) in [5.74, 6) is -11.2. The standard InChI is InChI=1S/C72H122N12O15/c1-40(2)34-51-67(92)80(20)54(37-43(7)8)63(88)73-48(16)72(97)99-62(46(13)14)71(96)81(21)55(38-44(9)10)65(90)76-52(35-41(3)4)68(93)82(22)59(45(11)12)70(95)83(23)60(61(87)47(15)26-24-27-50-28-25-29-56(74-50)84-30-32-98-33-31-84)66(91)77-58(49(17)85)69(94)78(18)39-57(86)79(19)53(36-42(5)6)64(89)75-51/h24-25,27-29,40-49,51-55,58-62,85,87H,26,30-39H2,1-23H3,(H,73,88)(H,75,89)(H,76,90)(H,77,91)/b27-24+/t47-,48+,49-,51+,52-,53+,54+,55+,58+,59+,60+,61-,62-/m1/s1. The van der Waals surface area contributed by atoms with Gasteiger partial charge in [-0.05, 0) is 118 Å². The molecule has 27 nitrogen and oxygen atoms in total. The molecule has 0 aromatic carbocycles. The number of hydrogen-bond donors (Lipinski definition) is 6. The maximum Gasteiger partial charge on any atom is 0.329 e. The summed E-state index contributed by atoms with van der Waals surface area (Å²) >= 11 is 0. The number of ether oxygens (including phenoxy) is 2. The third-order valence-electron chi connectivity index (χ3n) is 18.2. The van der Waals surface area contributed by atoms with Gasteiger partial charge < -0.3 is 75.3 Å². The van der Waals surface area contributed by atoms with Gasteiger partial charge in [-0.25, -0.2) is 9.78 Å². The highest BCUT2D eigenvalue weighted by atomic mass is 16.6. The molecule has 3 rings (SSSR count). The van der Waals surface area contributed by atoms with Crippen LogP contribution < -0.4 is 26.2 Å². The smallest absolute Gasteiger partial charge is 0.329 e. The number of pyridine rings is 1. The Morgan fingerprint density at radius 2 is 0.980 bits per heavy atom. The number of nitrogens with zero attached hydrogens (tertiary/aromatic N) is 8. The summed E-state index contributed by atoms with van der Waals surface area (Å²) in [6.45, 7) is 31.1. The number of anilines is 1. The van der Waals surface area contributed by atoms with Gasteiger partial charge in [-0.3, -0.25) is 47.9 Å². The number of aliphatic hydroxyl groups is 2. The number of nitrogens with one attached hydrogen (secondary N) is 4. The topological polar surface area (TPSA) is 330 Å². The van der Waals surface area contributed by atoms with Crippen LogP contribution in [0.15, 0.2) is 24.3 Å². The third-order valence-corrected chi connectivity index (χ3v) is 18.2. The molecule has 0 unspecified atom stereocenters. The summed E-state index contributed by atoms with van der Waals surface area (Å²) in [6, 6.07) is -6.92. The first-order valence-electron chi connectivity index (χ1n) is 35.4. The van der Waals surface area contributed by atoms with Crippen LogP contribution in [-0.2, 0) is 62.2 Å². The molecule has 99 heavy (non-hydrogen) atoms. The molecule has 2 fully saturated rings. The predicted molar refractivity (Wildman–Crippen MR) is 378 cm³/mol. The molecule has 13 atom stereocenters. The van der Waals surface area contributed by atoms with Gasteiger partial charge in [0, 0.05) is 55.4 Å². The Labute approximate surface area is 589 Å². The van der Waals surface area contributed by atoms with Crippen LogP contribution >= 0.6 is 0 Å². The predicted octanol–water partition coefficient (Wildman–Crippen LogP) is 3.72. The summed E-state index contributed by atoms with van der Waals surface area (Å²) < 4.78 is 11.4. The second-order valence-corrected chi connectivity index (χ2v) is 30.1. The molecule has 560 valence electrons. The molecule has 27 heteroatoms. The van der Waals surface area contributed by atoms with Crippen molar-refractivity contribution >= 4 is 76.9 Å². The average Bonchev–Trinajstić information content (AvgIpc) is 0.811. The van der Waals surface area contributed by atoms with Crippen molar-refractivity contribution in [2.75, 3.05) is 80.0 Å². The molecule has 3 heterocycles.